The predicted molar refractivity (Wildman–Crippen MR) is 125 cm³/mol. The van der Waals surface area contributed by atoms with Crippen LogP contribution in [-0.4, -0.2) is 25.5 Å². The normalized spacial score (nSPS) is 11.2. The molecule has 0 bridgehead atoms. The Labute approximate surface area is 177 Å². The molecule has 0 radical (unpaired) electrons. The van der Waals surface area contributed by atoms with Gasteiger partial charge in [0.05, 0.1) is 0 Å². The molecule has 0 aromatic heterocycles. The van der Waals surface area contributed by atoms with Crippen LogP contribution in [0.15, 0.2) is 115 Å². The van der Waals surface area contributed by atoms with Gasteiger partial charge in [-0.1, -0.05) is 0 Å². The van der Waals surface area contributed by atoms with Crippen LogP contribution in [0.5, 0.6) is 5.75 Å². The van der Waals surface area contributed by atoms with E-state index in [4.69, 9.17) is 4.74 Å². The Balaban J connectivity index is 1.83. The van der Waals surface area contributed by atoms with E-state index < -0.39 is 18.4 Å². The van der Waals surface area contributed by atoms with Gasteiger partial charge in [0.25, 0.3) is 0 Å². The average Bonchev–Trinajstić information content (AvgIpc) is 2.82. The third-order valence-electron chi connectivity index (χ3n) is 5.75. The van der Waals surface area contributed by atoms with Crippen LogP contribution < -0.4 is 15.5 Å². The van der Waals surface area contributed by atoms with Crippen molar-refractivity contribution in [2.24, 2.45) is 0 Å². The second-order valence-electron chi connectivity index (χ2n) is 7.35. The Morgan fingerprint density at radius 2 is 0.966 bits per heavy atom. The van der Waals surface area contributed by atoms with E-state index in [1.807, 2.05) is 0 Å². The first-order valence-corrected chi connectivity index (χ1v) is 16.4. The molecule has 4 rings (SSSR count). The molecule has 0 unspecified atom stereocenters. The zero-order valence-corrected chi connectivity index (χ0v) is 19.6. The van der Waals surface area contributed by atoms with Gasteiger partial charge in [0.15, 0.2) is 0 Å². The summed E-state index contributed by atoms with van der Waals surface area (Å²) in [6, 6.07) is 42.2. The van der Waals surface area contributed by atoms with E-state index >= 15 is 0 Å². The van der Waals surface area contributed by atoms with E-state index in [-0.39, 0.29) is 0 Å². The molecule has 144 valence electrons. The number of hydrogen-bond acceptors (Lipinski definition) is 1. The van der Waals surface area contributed by atoms with Crippen molar-refractivity contribution >= 4 is 29.1 Å². The van der Waals surface area contributed by atoms with E-state index in [1.54, 1.807) is 7.11 Å². The summed E-state index contributed by atoms with van der Waals surface area (Å²) in [7, 11) is 1.72. The summed E-state index contributed by atoms with van der Waals surface area (Å²) in [6.45, 7) is 0. The first kappa shape index (κ1) is 19.8. The van der Waals surface area contributed by atoms with Gasteiger partial charge in [0.1, 0.15) is 0 Å². The van der Waals surface area contributed by atoms with Crippen LogP contribution in [0.25, 0.3) is 0 Å². The molecule has 0 spiro atoms. The summed E-state index contributed by atoms with van der Waals surface area (Å²) < 4.78 is 11.1. The van der Waals surface area contributed by atoms with E-state index in [2.05, 4.69) is 115 Å². The summed E-state index contributed by atoms with van der Waals surface area (Å²) in [5.41, 5.74) is 1.37. The number of methoxy groups -OCH3 is 1. The Morgan fingerprint density at radius 3 is 1.34 bits per heavy atom. The first-order chi connectivity index (χ1) is 14.3. The molecule has 4 aromatic rings. The molecule has 2 heteroatoms. The van der Waals surface area contributed by atoms with Crippen molar-refractivity contribution < 1.29 is 4.74 Å². The number of benzene rings is 4. The molecule has 0 aliphatic heterocycles. The van der Waals surface area contributed by atoms with Crippen LogP contribution in [-0.2, 0) is 6.42 Å². The van der Waals surface area contributed by atoms with Crippen LogP contribution >= 0.6 is 0 Å². The molecule has 4 aromatic carbocycles. The van der Waals surface area contributed by atoms with Gasteiger partial charge in [-0.3, -0.25) is 0 Å². The number of hydrogen-bond donors (Lipinski definition) is 0. The molecule has 0 saturated heterocycles. The summed E-state index contributed by atoms with van der Waals surface area (Å²) in [5, 5.41) is 0. The van der Waals surface area contributed by atoms with Crippen LogP contribution in [0.4, 0.5) is 0 Å². The van der Waals surface area contributed by atoms with Gasteiger partial charge in [-0.25, -0.2) is 0 Å². The molecule has 0 saturated carbocycles. The molecule has 0 atom stereocenters. The Kier molecular flexibility index (Phi) is 6.36. The van der Waals surface area contributed by atoms with Gasteiger partial charge in [0, 0.05) is 0 Å². The summed E-state index contributed by atoms with van der Waals surface area (Å²) in [5.74, 6) is 0.915. The minimum absolute atomic E-state index is 0.915. The van der Waals surface area contributed by atoms with E-state index in [1.165, 1.54) is 20.7 Å². The van der Waals surface area contributed by atoms with Crippen molar-refractivity contribution in [2.75, 3.05) is 7.11 Å². The zero-order chi connectivity index (χ0) is 19.9. The Morgan fingerprint density at radius 1 is 0.552 bits per heavy atom. The van der Waals surface area contributed by atoms with Crippen molar-refractivity contribution in [2.45, 2.75) is 10.9 Å². The number of aryl methyl sites for hydroxylation is 1. The van der Waals surface area contributed by atoms with Gasteiger partial charge in [-0.2, -0.15) is 0 Å². The molecule has 0 aliphatic rings. The fourth-order valence-corrected chi connectivity index (χ4v) is 18.0. The minimum atomic E-state index is -3.16. The number of ether oxygens (including phenoxy) is 1. The predicted octanol–water partition coefficient (Wildman–Crippen LogP) is 4.41. The quantitative estimate of drug-likeness (QED) is 0.353. The molecule has 0 aliphatic carbocycles. The second kappa shape index (κ2) is 9.32. The van der Waals surface area contributed by atoms with Crippen molar-refractivity contribution in [1.82, 2.24) is 0 Å². The maximum absolute atomic E-state index is 5.34. The summed E-state index contributed by atoms with van der Waals surface area (Å²) in [4.78, 5) is 0. The number of rotatable bonds is 7. The van der Waals surface area contributed by atoms with E-state index in [9.17, 15) is 0 Å². The molecule has 29 heavy (non-hydrogen) atoms. The van der Waals surface area contributed by atoms with Crippen LogP contribution in [0, 0.1) is 0 Å². The molecule has 0 fully saturated rings. The molecule has 1 nitrogen and oxygen atoms in total. The first-order valence-electron chi connectivity index (χ1n) is 10.1. The second-order valence-corrected chi connectivity index (χ2v) is 18.9. The molecular formula is C27H26OSn. The van der Waals surface area contributed by atoms with E-state index in [0.29, 0.717) is 0 Å². The van der Waals surface area contributed by atoms with Crippen LogP contribution in [0.2, 0.25) is 4.44 Å². The van der Waals surface area contributed by atoms with Crippen molar-refractivity contribution in [1.29, 1.82) is 0 Å². The maximum atomic E-state index is 5.34. The monoisotopic (exact) mass is 486 g/mol. The van der Waals surface area contributed by atoms with Gasteiger partial charge in [-0.15, -0.1) is 0 Å². The van der Waals surface area contributed by atoms with E-state index in [0.717, 1.165) is 12.2 Å². The summed E-state index contributed by atoms with van der Waals surface area (Å²) >= 11 is -3.16. The van der Waals surface area contributed by atoms with Gasteiger partial charge < -0.3 is 0 Å². The van der Waals surface area contributed by atoms with Crippen LogP contribution in [0.1, 0.15) is 5.56 Å². The fraction of sp³-hybridized carbons (Fsp3) is 0.111. The third kappa shape index (κ3) is 4.25. The molecule has 0 N–H and O–H groups in total. The van der Waals surface area contributed by atoms with Crippen molar-refractivity contribution in [3.8, 4) is 5.75 Å². The molecule has 0 heterocycles. The van der Waals surface area contributed by atoms with Gasteiger partial charge >= 0.3 is 178 Å². The average molecular weight is 485 g/mol. The van der Waals surface area contributed by atoms with Gasteiger partial charge in [0.2, 0.25) is 0 Å². The molecule has 0 amide bonds. The Bertz CT molecular complexity index is 916. The SMILES string of the molecule is COc1ccc(C[CH2][Sn]([c]2ccccc2)([c]2ccccc2)[c]2ccccc2)cc1. The van der Waals surface area contributed by atoms with Gasteiger partial charge in [-0.05, 0) is 0 Å². The fourth-order valence-electron chi connectivity index (χ4n) is 4.23. The zero-order valence-electron chi connectivity index (χ0n) is 16.8. The summed E-state index contributed by atoms with van der Waals surface area (Å²) in [6.07, 6.45) is 1.07. The Hall–Kier alpha value is -2.52. The van der Waals surface area contributed by atoms with Crippen molar-refractivity contribution in [3.63, 3.8) is 0 Å². The standard InChI is InChI=1S/C9H11O.3C6H5.Sn/c1-3-8-4-6-9(10-2)7-5-8;3*1-2-4-6-5-3-1;/h4-7H,1,3H2,2H3;3*1-5H;. The topological polar surface area (TPSA) is 9.23 Å². The third-order valence-corrected chi connectivity index (χ3v) is 19.9. The molecular weight excluding hydrogens is 459 g/mol. The van der Waals surface area contributed by atoms with Crippen molar-refractivity contribution in [3.05, 3.63) is 121 Å². The van der Waals surface area contributed by atoms with Crippen LogP contribution in [0.3, 0.4) is 0 Å².